The number of nitrogens with zero attached hydrogens (tertiary/aromatic N) is 4. The molecule has 292 valence electrons. The number of rotatable bonds is 2. The van der Waals surface area contributed by atoms with Crippen LogP contribution in [0.4, 0.5) is 0 Å². The fourth-order valence-corrected chi connectivity index (χ4v) is 11.9. The molecular weight excluding hydrogens is 790 g/mol. The van der Waals surface area contributed by atoms with Gasteiger partial charge in [0.15, 0.2) is 5.78 Å². The van der Waals surface area contributed by atoms with Crippen LogP contribution in [0.1, 0.15) is 93.6 Å². The molecule has 5 aromatic rings. The van der Waals surface area contributed by atoms with E-state index >= 15 is 0 Å². The standard InChI is InChI=1S/C53H46N4O2.Zn/c1-51-27-23-38(58)31-35(51)13-16-39-41(51)25-28-52(2)42(39)26-30-53(52,59)29-24-40-43-19-21-47(56-43)49(33-9-5-3-6-10-33)45-17-14-36(54-45)32-37-15-18-46(55-37)50(34-11-7-4-8-12-34)48-22-20-44(40)57-48;/h3-12,14-15,17-22,31-32,39,41-42,59H,13,16,23,25-28,30H2,1-2H3;/q-2;+2/t39-,41+,42+,51+,52+,53+;/m1./s1. The minimum atomic E-state index is -1.17. The molecule has 11 rings (SSSR count). The van der Waals surface area contributed by atoms with Crippen molar-refractivity contribution in [2.75, 3.05) is 0 Å². The van der Waals surface area contributed by atoms with Crippen LogP contribution < -0.4 is 9.97 Å². The van der Waals surface area contributed by atoms with Crippen LogP contribution in [0.15, 0.2) is 103 Å². The summed E-state index contributed by atoms with van der Waals surface area (Å²) in [6.45, 7) is 4.72. The van der Waals surface area contributed by atoms with Gasteiger partial charge in [0.1, 0.15) is 5.60 Å². The molecule has 2 aromatic carbocycles. The molecule has 1 N–H and O–H groups in total. The van der Waals surface area contributed by atoms with Crippen LogP contribution in [-0.4, -0.2) is 26.5 Å². The van der Waals surface area contributed by atoms with Crippen LogP contribution in [0.5, 0.6) is 0 Å². The Morgan fingerprint density at radius 3 is 2.10 bits per heavy atom. The largest absolute Gasteiger partial charge is 2.00 e. The van der Waals surface area contributed by atoms with Crippen molar-refractivity contribution < 1.29 is 29.4 Å². The summed E-state index contributed by atoms with van der Waals surface area (Å²) >= 11 is 0. The van der Waals surface area contributed by atoms with E-state index < -0.39 is 5.60 Å². The number of fused-ring (bicyclic) bond motifs is 13. The third kappa shape index (κ3) is 6.17. The molecule has 0 radical (unpaired) electrons. The van der Waals surface area contributed by atoms with Crippen molar-refractivity contribution in [2.45, 2.75) is 70.8 Å². The Hall–Kier alpha value is -5.41. The molecule has 60 heavy (non-hydrogen) atoms. The first-order valence-corrected chi connectivity index (χ1v) is 21.3. The molecule has 3 fully saturated rings. The molecule has 0 unspecified atom stereocenters. The number of hydrogen-bond donors (Lipinski definition) is 1. The molecule has 0 amide bonds. The quantitative estimate of drug-likeness (QED) is 0.138. The van der Waals surface area contributed by atoms with Crippen molar-refractivity contribution >= 4 is 52.2 Å². The normalized spacial score (nSPS) is 27.5. The summed E-state index contributed by atoms with van der Waals surface area (Å²) in [7, 11) is 0. The third-order valence-corrected chi connectivity index (χ3v) is 15.1. The van der Waals surface area contributed by atoms with Crippen molar-refractivity contribution in [3.05, 3.63) is 131 Å². The maximum absolute atomic E-state index is 12.9. The number of ketones is 1. The van der Waals surface area contributed by atoms with Gasteiger partial charge in [-0.15, -0.1) is 22.1 Å². The number of aliphatic hydroxyl groups is 1. The minimum Gasteiger partial charge on any atom is -0.657 e. The second-order valence-corrected chi connectivity index (χ2v) is 18.0. The Morgan fingerprint density at radius 1 is 0.683 bits per heavy atom. The molecular formula is C53H46N4O2Zn. The molecule has 3 aromatic heterocycles. The Bertz CT molecular complexity index is 2860. The topological polar surface area (TPSA) is 91.3 Å². The third-order valence-electron chi connectivity index (χ3n) is 15.1. The van der Waals surface area contributed by atoms with Crippen LogP contribution in [0.25, 0.3) is 68.6 Å². The number of allylic oxidation sites excluding steroid dienone is 1. The van der Waals surface area contributed by atoms with E-state index in [4.69, 9.17) is 19.9 Å². The summed E-state index contributed by atoms with van der Waals surface area (Å²) in [5, 5.41) is 12.9. The SMILES string of the molecule is C[C@]12CCC(=O)C=C1CC[C@@H]1[C@@H]2CC[C@@]2(C)[C@H]1CC[C@@]2(O)C#Cc1c2nc(c(-c3ccccc3)c3ccc(cc4nc(c(-c5ccccc5)c5ccc1[n-]5)C=C4)[n-]3)C=C2.[Zn+2]. The van der Waals surface area contributed by atoms with E-state index in [9.17, 15) is 9.90 Å². The van der Waals surface area contributed by atoms with E-state index in [0.717, 1.165) is 94.4 Å². The zero-order valence-electron chi connectivity index (χ0n) is 34.3. The fourth-order valence-electron chi connectivity index (χ4n) is 11.9. The van der Waals surface area contributed by atoms with E-state index in [1.807, 2.05) is 72.8 Å². The fraction of sp³-hybridized carbons (Fsp3) is 0.302. The first-order chi connectivity index (χ1) is 28.7. The van der Waals surface area contributed by atoms with Gasteiger partial charge < -0.3 is 15.1 Å². The summed E-state index contributed by atoms with van der Waals surface area (Å²) in [6, 6.07) is 30.8. The molecule has 2 aliphatic heterocycles. The van der Waals surface area contributed by atoms with Crippen molar-refractivity contribution in [1.82, 2.24) is 19.9 Å². The van der Waals surface area contributed by atoms with Gasteiger partial charge in [0.05, 0.1) is 22.8 Å². The van der Waals surface area contributed by atoms with E-state index in [0.29, 0.717) is 47.4 Å². The summed E-state index contributed by atoms with van der Waals surface area (Å²) < 4.78 is 0. The van der Waals surface area contributed by atoms with Crippen LogP contribution in [0.3, 0.4) is 0 Å². The maximum Gasteiger partial charge on any atom is 2.00 e. The molecule has 0 saturated heterocycles. The van der Waals surface area contributed by atoms with Gasteiger partial charge in [-0.3, -0.25) is 4.79 Å². The van der Waals surface area contributed by atoms with Gasteiger partial charge >= 0.3 is 19.5 Å². The minimum absolute atomic E-state index is 0. The molecule has 5 heterocycles. The van der Waals surface area contributed by atoms with Gasteiger partial charge in [0.25, 0.3) is 0 Å². The number of hydrogen-bond acceptors (Lipinski definition) is 4. The van der Waals surface area contributed by atoms with Crippen LogP contribution in [0.2, 0.25) is 0 Å². The van der Waals surface area contributed by atoms with Crippen LogP contribution in [0, 0.1) is 40.4 Å². The van der Waals surface area contributed by atoms with Gasteiger partial charge in [-0.25, -0.2) is 9.97 Å². The molecule has 6 atom stereocenters. The average molecular weight is 836 g/mol. The second-order valence-electron chi connectivity index (χ2n) is 18.0. The van der Waals surface area contributed by atoms with Crippen molar-refractivity contribution in [2.24, 2.45) is 28.6 Å². The zero-order valence-corrected chi connectivity index (χ0v) is 37.3. The smallest absolute Gasteiger partial charge is 0.657 e. The van der Waals surface area contributed by atoms with Crippen molar-refractivity contribution in [1.29, 1.82) is 0 Å². The number of carbonyl (C=O) groups excluding carboxylic acids is 1. The summed E-state index contributed by atoms with van der Waals surface area (Å²) in [6.07, 6.45) is 17.4. The molecule has 6 nitrogen and oxygen atoms in total. The Labute approximate surface area is 364 Å². The van der Waals surface area contributed by atoms with Crippen molar-refractivity contribution in [3.8, 4) is 34.1 Å². The van der Waals surface area contributed by atoms with Crippen LogP contribution in [-0.2, 0) is 24.3 Å². The number of aromatic nitrogens is 4. The molecule has 3 saturated carbocycles. The molecule has 7 heteroatoms. The monoisotopic (exact) mass is 834 g/mol. The number of carbonyl (C=O) groups is 1. The maximum atomic E-state index is 12.9. The summed E-state index contributed by atoms with van der Waals surface area (Å²) in [4.78, 5) is 33.3. The Balaban J connectivity index is 0.00000433. The zero-order chi connectivity index (χ0) is 39.9. The van der Waals surface area contributed by atoms with E-state index in [1.54, 1.807) is 0 Å². The molecule has 8 bridgehead atoms. The Morgan fingerprint density at radius 2 is 1.33 bits per heavy atom. The molecule has 0 spiro atoms. The Kier molecular flexibility index (Phi) is 9.47. The van der Waals surface area contributed by atoms with E-state index in [2.05, 4.69) is 74.2 Å². The number of benzene rings is 2. The summed E-state index contributed by atoms with van der Waals surface area (Å²) in [5.41, 5.74) is 10.9. The summed E-state index contributed by atoms with van der Waals surface area (Å²) in [5.74, 6) is 8.86. The predicted molar refractivity (Wildman–Crippen MR) is 236 cm³/mol. The van der Waals surface area contributed by atoms with E-state index in [1.165, 1.54) is 5.57 Å². The van der Waals surface area contributed by atoms with Gasteiger partial charge in [-0.05, 0) is 121 Å². The van der Waals surface area contributed by atoms with Gasteiger partial charge in [-0.2, -0.15) is 0 Å². The molecule has 6 aliphatic rings. The van der Waals surface area contributed by atoms with Gasteiger partial charge in [0, 0.05) is 17.4 Å². The predicted octanol–water partition coefficient (Wildman–Crippen LogP) is 10.9. The van der Waals surface area contributed by atoms with Gasteiger partial charge in [0.2, 0.25) is 0 Å². The average Bonchev–Trinajstić information content (AvgIpc) is 4.11. The first-order valence-electron chi connectivity index (χ1n) is 21.3. The van der Waals surface area contributed by atoms with Gasteiger partial charge in [-0.1, -0.05) is 122 Å². The first kappa shape index (κ1) is 38.8. The van der Waals surface area contributed by atoms with E-state index in [-0.39, 0.29) is 36.1 Å². The van der Waals surface area contributed by atoms with Crippen LogP contribution >= 0.6 is 0 Å². The molecule has 4 aliphatic carbocycles. The second kappa shape index (κ2) is 14.6. The van der Waals surface area contributed by atoms with Crippen molar-refractivity contribution in [3.63, 3.8) is 0 Å².